The first kappa shape index (κ1) is 35.6. The normalized spacial score (nSPS) is 11.4. The smallest absolute Gasteiger partial charge is 0.435 e. The van der Waals surface area contributed by atoms with Gasteiger partial charge < -0.3 is 30.0 Å². The number of anilines is 2. The molecule has 1 heterocycles. The molecule has 11 nitrogen and oxygen atoms in total. The number of hydrogen-bond acceptors (Lipinski definition) is 7. The van der Waals surface area contributed by atoms with Crippen LogP contribution in [0.5, 0.6) is 0 Å². The Hall–Kier alpha value is -5.26. The average Bonchev–Trinajstić information content (AvgIpc) is 3.45. The van der Waals surface area contributed by atoms with Crippen molar-refractivity contribution >= 4 is 46.2 Å². The highest BCUT2D eigenvalue weighted by Gasteiger charge is 2.21. The van der Waals surface area contributed by atoms with Gasteiger partial charge in [-0.25, -0.2) is 14.2 Å². The van der Waals surface area contributed by atoms with Crippen LogP contribution in [0, 0.1) is 5.82 Å². The summed E-state index contributed by atoms with van der Waals surface area (Å²) >= 11 is 0. The third kappa shape index (κ3) is 9.63. The number of rotatable bonds is 16. The van der Waals surface area contributed by atoms with Crippen molar-refractivity contribution in [3.05, 3.63) is 89.5 Å². The number of amides is 2. The summed E-state index contributed by atoms with van der Waals surface area (Å²) in [5.74, 6) is -0.352. The number of hydrogen-bond donors (Lipinski definition) is 2. The molecule has 0 atom stereocenters. The summed E-state index contributed by atoms with van der Waals surface area (Å²) in [6.45, 7) is 7.54. The Kier molecular flexibility index (Phi) is 13.1. The van der Waals surface area contributed by atoms with Gasteiger partial charge >= 0.3 is 12.1 Å². The summed E-state index contributed by atoms with van der Waals surface area (Å²) in [6, 6.07) is 18.1. The molecule has 0 saturated carbocycles. The number of aromatic nitrogens is 2. The van der Waals surface area contributed by atoms with Gasteiger partial charge in [0.15, 0.2) is 0 Å². The van der Waals surface area contributed by atoms with Crippen molar-refractivity contribution in [2.75, 3.05) is 30.0 Å². The monoisotopic (exact) mass is 658 g/mol. The highest BCUT2D eigenvalue weighted by molar-refractivity contribution is 6.08. The van der Waals surface area contributed by atoms with Gasteiger partial charge in [0.2, 0.25) is 0 Å². The zero-order valence-corrected chi connectivity index (χ0v) is 27.7. The van der Waals surface area contributed by atoms with Crippen LogP contribution in [-0.4, -0.2) is 53.1 Å². The second-order valence-corrected chi connectivity index (χ2v) is 11.1. The van der Waals surface area contributed by atoms with E-state index in [1.165, 1.54) is 29.2 Å². The summed E-state index contributed by atoms with van der Waals surface area (Å²) in [6.07, 6.45) is 3.30. The number of aliphatic imine (C=N–C) groups is 1. The molecule has 12 heteroatoms. The molecule has 254 valence electrons. The van der Waals surface area contributed by atoms with Crippen LogP contribution in [0.2, 0.25) is 0 Å². The van der Waals surface area contributed by atoms with Crippen LogP contribution in [0.15, 0.2) is 71.7 Å². The van der Waals surface area contributed by atoms with Crippen molar-refractivity contribution in [2.45, 2.75) is 66.0 Å². The van der Waals surface area contributed by atoms with Gasteiger partial charge in [-0.05, 0) is 87.0 Å². The number of nitrogens with one attached hydrogen (secondary N) is 1. The Balaban J connectivity index is 1.45. The van der Waals surface area contributed by atoms with E-state index in [1.807, 2.05) is 25.1 Å². The molecule has 4 aromatic rings. The fraction of sp³-hybridized carbons (Fsp3) is 0.361. The molecule has 48 heavy (non-hydrogen) atoms. The summed E-state index contributed by atoms with van der Waals surface area (Å²) in [5.41, 5.74) is 9.79. The van der Waals surface area contributed by atoms with Crippen LogP contribution in [-0.2, 0) is 27.4 Å². The van der Waals surface area contributed by atoms with E-state index < -0.39 is 17.9 Å². The summed E-state index contributed by atoms with van der Waals surface area (Å²) in [5, 5.41) is 3.36. The molecule has 3 aromatic carbocycles. The van der Waals surface area contributed by atoms with Gasteiger partial charge in [0, 0.05) is 35.6 Å². The molecule has 1 aromatic heterocycles. The fourth-order valence-electron chi connectivity index (χ4n) is 5.18. The Morgan fingerprint density at radius 3 is 2.35 bits per heavy atom. The number of esters is 1. The maximum atomic E-state index is 13.7. The number of fused-ring (bicyclic) bond motifs is 1. The number of imidazole rings is 1. The first-order valence-electron chi connectivity index (χ1n) is 16.3. The molecule has 0 aliphatic carbocycles. The topological polar surface area (TPSA) is 141 Å². The van der Waals surface area contributed by atoms with Crippen molar-refractivity contribution in [1.82, 2.24) is 9.55 Å². The highest BCUT2D eigenvalue weighted by Crippen LogP contribution is 2.23. The van der Waals surface area contributed by atoms with Crippen LogP contribution in [0.1, 0.15) is 74.6 Å². The van der Waals surface area contributed by atoms with Gasteiger partial charge in [-0.1, -0.05) is 26.2 Å². The number of benzene rings is 3. The van der Waals surface area contributed by atoms with Crippen LogP contribution in [0.3, 0.4) is 0 Å². The summed E-state index contributed by atoms with van der Waals surface area (Å²) < 4.78 is 25.9. The number of carbonyl (C=O) groups is 3. The quantitative estimate of drug-likeness (QED) is 0.0578. The molecule has 0 aliphatic rings. The molecule has 0 fully saturated rings. The van der Waals surface area contributed by atoms with Crippen LogP contribution in [0.25, 0.3) is 11.0 Å². The molecule has 0 bridgehead atoms. The number of carbonyl (C=O) groups excluding carboxylic acids is 3. The van der Waals surface area contributed by atoms with Gasteiger partial charge in [-0.15, -0.1) is 0 Å². The van der Waals surface area contributed by atoms with Crippen molar-refractivity contribution < 1.29 is 28.2 Å². The molecular formula is C36H43FN6O5. The van der Waals surface area contributed by atoms with Crippen LogP contribution < -0.4 is 16.0 Å². The SMILES string of the molecule is CCCCCCOC(=O)/N=C(\N)c1ccc(NCc2nc3cc(C(=O)N(CCC(=O)OCC)c4ccc(F)cc4)ccc3n2CC)cc1. The number of aryl methyl sites for hydroxylation is 1. The number of nitrogens with two attached hydrogens (primary N) is 1. The minimum absolute atomic E-state index is 0.00835. The number of halogens is 1. The molecule has 3 N–H and O–H groups in total. The lowest BCUT2D eigenvalue weighted by molar-refractivity contribution is -0.142. The van der Waals surface area contributed by atoms with Gasteiger partial charge in [0.25, 0.3) is 5.91 Å². The fourth-order valence-corrected chi connectivity index (χ4v) is 5.18. The molecule has 0 unspecified atom stereocenters. The van der Waals surface area contributed by atoms with Crippen molar-refractivity contribution in [1.29, 1.82) is 0 Å². The Morgan fingerprint density at radius 2 is 1.67 bits per heavy atom. The standard InChI is InChI=1S/C36H43FN6O5/c1-4-7-8-9-22-48-36(46)41-34(38)25-10-15-28(16-11-25)39-24-32-40-30-23-26(12-19-31(30)42(32)5-2)35(45)43(21-20-33(44)47-6-3)29-17-13-27(37)14-18-29/h10-19,23,39H,4-9,20-22,24H2,1-3H3,(H2,38,41,46). The molecule has 2 amide bonds. The van der Waals surface area contributed by atoms with Gasteiger partial charge in [0.05, 0.1) is 37.2 Å². The maximum absolute atomic E-state index is 13.7. The molecule has 0 saturated heterocycles. The minimum atomic E-state index is -0.700. The largest absolute Gasteiger partial charge is 0.466 e. The van der Waals surface area contributed by atoms with E-state index in [9.17, 15) is 18.8 Å². The van der Waals surface area contributed by atoms with Crippen LogP contribution in [0.4, 0.5) is 20.6 Å². The molecule has 0 spiro atoms. The first-order valence-corrected chi connectivity index (χ1v) is 16.3. The Morgan fingerprint density at radius 1 is 0.938 bits per heavy atom. The van der Waals surface area contributed by atoms with Crippen molar-refractivity contribution in [3.63, 3.8) is 0 Å². The number of amidine groups is 1. The zero-order chi connectivity index (χ0) is 34.5. The lowest BCUT2D eigenvalue weighted by atomic mass is 10.1. The third-order valence-corrected chi connectivity index (χ3v) is 7.69. The molecule has 4 rings (SSSR count). The predicted molar refractivity (Wildman–Crippen MR) is 185 cm³/mol. The van der Waals surface area contributed by atoms with E-state index in [-0.39, 0.29) is 31.3 Å². The average molecular weight is 659 g/mol. The van der Waals surface area contributed by atoms with E-state index >= 15 is 0 Å². The van der Waals surface area contributed by atoms with E-state index in [2.05, 4.69) is 21.8 Å². The van der Waals surface area contributed by atoms with E-state index in [1.54, 1.807) is 31.2 Å². The lowest BCUT2D eigenvalue weighted by Gasteiger charge is -2.22. The van der Waals surface area contributed by atoms with E-state index in [4.69, 9.17) is 20.2 Å². The van der Waals surface area contributed by atoms with Crippen molar-refractivity contribution in [2.24, 2.45) is 10.7 Å². The third-order valence-electron chi connectivity index (χ3n) is 7.69. The second-order valence-electron chi connectivity index (χ2n) is 11.1. The predicted octanol–water partition coefficient (Wildman–Crippen LogP) is 6.83. The Labute approximate surface area is 279 Å². The number of unbranched alkanes of at least 4 members (excludes halogenated alkanes) is 3. The highest BCUT2D eigenvalue weighted by atomic mass is 19.1. The number of nitrogens with zero attached hydrogens (tertiary/aromatic N) is 4. The summed E-state index contributed by atoms with van der Waals surface area (Å²) in [7, 11) is 0. The lowest BCUT2D eigenvalue weighted by Crippen LogP contribution is -2.33. The van der Waals surface area contributed by atoms with Crippen LogP contribution >= 0.6 is 0 Å². The minimum Gasteiger partial charge on any atom is -0.466 e. The second kappa shape index (κ2) is 17.6. The van der Waals surface area contributed by atoms with E-state index in [0.717, 1.165) is 42.7 Å². The first-order chi connectivity index (χ1) is 23.2. The maximum Gasteiger partial charge on any atom is 0.435 e. The van der Waals surface area contributed by atoms with Crippen molar-refractivity contribution in [3.8, 4) is 0 Å². The molecule has 0 aliphatic heterocycles. The van der Waals surface area contributed by atoms with Gasteiger partial charge in [0.1, 0.15) is 17.5 Å². The summed E-state index contributed by atoms with van der Waals surface area (Å²) in [4.78, 5) is 47.9. The van der Waals surface area contributed by atoms with E-state index in [0.29, 0.717) is 42.0 Å². The Bertz CT molecular complexity index is 1720. The molecule has 0 radical (unpaired) electrons. The number of ether oxygens (including phenoxy) is 2. The van der Waals surface area contributed by atoms with Gasteiger partial charge in [-0.2, -0.15) is 4.99 Å². The molecular weight excluding hydrogens is 615 g/mol. The zero-order valence-electron chi connectivity index (χ0n) is 27.7. The van der Waals surface area contributed by atoms with Gasteiger partial charge in [-0.3, -0.25) is 9.59 Å².